The standard InChI is InChI=1S/C15H24N4O3/c1-14(2)12(21)19(13(22)17-14)9-11(20)18-7-4-15(5-8-18)3-6-16-10-15/h16H,3-10H2,1-2H3,(H,17,22). The molecule has 3 aliphatic rings. The lowest BCUT2D eigenvalue weighted by Gasteiger charge is -2.39. The van der Waals surface area contributed by atoms with E-state index >= 15 is 0 Å². The predicted octanol–water partition coefficient (Wildman–Crippen LogP) is -0.0811. The molecule has 3 fully saturated rings. The molecule has 4 amide bonds. The highest BCUT2D eigenvalue weighted by Crippen LogP contribution is 2.36. The number of nitrogens with one attached hydrogen (secondary N) is 2. The summed E-state index contributed by atoms with van der Waals surface area (Å²) in [6.07, 6.45) is 3.17. The summed E-state index contributed by atoms with van der Waals surface area (Å²) < 4.78 is 0. The maximum absolute atomic E-state index is 12.4. The molecule has 3 rings (SSSR count). The third kappa shape index (κ3) is 2.58. The van der Waals surface area contributed by atoms with Crippen LogP contribution in [0.3, 0.4) is 0 Å². The van der Waals surface area contributed by atoms with Crippen molar-refractivity contribution in [2.75, 3.05) is 32.7 Å². The predicted molar refractivity (Wildman–Crippen MR) is 80.1 cm³/mol. The number of urea groups is 1. The average Bonchev–Trinajstić information content (AvgIpc) is 2.98. The zero-order valence-electron chi connectivity index (χ0n) is 13.3. The number of nitrogens with zero attached hydrogens (tertiary/aromatic N) is 2. The Hall–Kier alpha value is -1.63. The first-order chi connectivity index (χ1) is 10.3. The Morgan fingerprint density at radius 2 is 1.86 bits per heavy atom. The van der Waals surface area contributed by atoms with Crippen LogP contribution in [-0.4, -0.2) is 65.9 Å². The first-order valence-corrected chi connectivity index (χ1v) is 7.96. The van der Waals surface area contributed by atoms with E-state index in [1.165, 1.54) is 6.42 Å². The average molecular weight is 308 g/mol. The molecule has 7 heteroatoms. The van der Waals surface area contributed by atoms with Crippen molar-refractivity contribution in [2.45, 2.75) is 38.6 Å². The van der Waals surface area contributed by atoms with E-state index in [9.17, 15) is 14.4 Å². The van der Waals surface area contributed by atoms with Gasteiger partial charge in [-0.25, -0.2) is 4.79 Å². The van der Waals surface area contributed by atoms with Crippen LogP contribution in [0.2, 0.25) is 0 Å². The number of piperidine rings is 1. The van der Waals surface area contributed by atoms with Gasteiger partial charge in [-0.15, -0.1) is 0 Å². The molecule has 0 unspecified atom stereocenters. The Balaban J connectivity index is 1.57. The van der Waals surface area contributed by atoms with Crippen LogP contribution < -0.4 is 10.6 Å². The molecule has 0 bridgehead atoms. The Labute approximate surface area is 130 Å². The van der Waals surface area contributed by atoms with Gasteiger partial charge in [-0.2, -0.15) is 0 Å². The van der Waals surface area contributed by atoms with Crippen LogP contribution in [-0.2, 0) is 9.59 Å². The van der Waals surface area contributed by atoms with Crippen LogP contribution in [0.1, 0.15) is 33.1 Å². The van der Waals surface area contributed by atoms with Gasteiger partial charge in [0.25, 0.3) is 5.91 Å². The molecule has 2 N–H and O–H groups in total. The number of amides is 4. The smallest absolute Gasteiger partial charge is 0.325 e. The van der Waals surface area contributed by atoms with Gasteiger partial charge in [-0.1, -0.05) is 0 Å². The Kier molecular flexibility index (Phi) is 3.63. The number of hydrogen-bond donors (Lipinski definition) is 2. The van der Waals surface area contributed by atoms with E-state index in [-0.39, 0.29) is 18.4 Å². The van der Waals surface area contributed by atoms with E-state index in [0.717, 1.165) is 30.8 Å². The van der Waals surface area contributed by atoms with Crippen molar-refractivity contribution in [1.29, 1.82) is 0 Å². The molecule has 3 saturated heterocycles. The normalized spacial score (nSPS) is 26.6. The highest BCUT2D eigenvalue weighted by atomic mass is 16.2. The second-order valence-corrected chi connectivity index (χ2v) is 7.25. The molecule has 3 heterocycles. The molecule has 122 valence electrons. The molecule has 22 heavy (non-hydrogen) atoms. The summed E-state index contributed by atoms with van der Waals surface area (Å²) >= 11 is 0. The number of carbonyl (C=O) groups is 3. The largest absolute Gasteiger partial charge is 0.341 e. The third-order valence-electron chi connectivity index (χ3n) is 5.25. The lowest BCUT2D eigenvalue weighted by Crippen LogP contribution is -2.49. The summed E-state index contributed by atoms with van der Waals surface area (Å²) in [6.45, 7) is 6.67. The fourth-order valence-electron chi connectivity index (χ4n) is 3.65. The summed E-state index contributed by atoms with van der Waals surface area (Å²) in [4.78, 5) is 39.2. The second kappa shape index (κ2) is 5.22. The van der Waals surface area contributed by atoms with Gasteiger partial charge in [0.1, 0.15) is 12.1 Å². The summed E-state index contributed by atoms with van der Waals surface area (Å²) in [5.74, 6) is -0.471. The van der Waals surface area contributed by atoms with Gasteiger partial charge in [0.2, 0.25) is 5.91 Å². The van der Waals surface area contributed by atoms with Crippen molar-refractivity contribution in [3.05, 3.63) is 0 Å². The minimum atomic E-state index is -0.918. The molecule has 3 aliphatic heterocycles. The van der Waals surface area contributed by atoms with Gasteiger partial charge in [0.05, 0.1) is 0 Å². The zero-order valence-corrected chi connectivity index (χ0v) is 13.3. The van der Waals surface area contributed by atoms with Crippen LogP contribution >= 0.6 is 0 Å². The maximum atomic E-state index is 12.4. The minimum Gasteiger partial charge on any atom is -0.341 e. The minimum absolute atomic E-state index is 0.137. The van der Waals surface area contributed by atoms with E-state index in [4.69, 9.17) is 0 Å². The second-order valence-electron chi connectivity index (χ2n) is 7.25. The van der Waals surface area contributed by atoms with Gasteiger partial charge in [-0.3, -0.25) is 14.5 Å². The number of imide groups is 1. The highest BCUT2D eigenvalue weighted by Gasteiger charge is 2.46. The third-order valence-corrected chi connectivity index (χ3v) is 5.25. The SMILES string of the molecule is CC1(C)NC(=O)N(CC(=O)N2CCC3(CCNC3)CC2)C1=O. The molecule has 0 saturated carbocycles. The van der Waals surface area contributed by atoms with E-state index in [2.05, 4.69) is 10.6 Å². The molecule has 0 aromatic carbocycles. The Morgan fingerprint density at radius 1 is 1.18 bits per heavy atom. The number of hydrogen-bond acceptors (Lipinski definition) is 4. The fourth-order valence-corrected chi connectivity index (χ4v) is 3.65. The van der Waals surface area contributed by atoms with Crippen LogP contribution in [0.15, 0.2) is 0 Å². The van der Waals surface area contributed by atoms with Gasteiger partial charge in [0, 0.05) is 19.6 Å². The topological polar surface area (TPSA) is 81.8 Å². The Morgan fingerprint density at radius 3 is 2.36 bits per heavy atom. The van der Waals surface area contributed by atoms with Crippen molar-refractivity contribution in [3.63, 3.8) is 0 Å². The molecule has 0 atom stereocenters. The molecule has 0 aromatic rings. The van der Waals surface area contributed by atoms with Crippen LogP contribution in [0.5, 0.6) is 0 Å². The lowest BCUT2D eigenvalue weighted by molar-refractivity contribution is -0.139. The van der Waals surface area contributed by atoms with Crippen molar-refractivity contribution in [2.24, 2.45) is 5.41 Å². The lowest BCUT2D eigenvalue weighted by atomic mass is 9.78. The quantitative estimate of drug-likeness (QED) is 0.699. The van der Waals surface area contributed by atoms with E-state index in [1.54, 1.807) is 18.7 Å². The summed E-state index contributed by atoms with van der Waals surface area (Å²) in [5, 5.41) is 6.00. The van der Waals surface area contributed by atoms with E-state index < -0.39 is 11.6 Å². The zero-order chi connectivity index (χ0) is 16.0. The molecule has 0 radical (unpaired) electrons. The number of rotatable bonds is 2. The maximum Gasteiger partial charge on any atom is 0.325 e. The number of likely N-dealkylation sites (tertiary alicyclic amines) is 1. The molecule has 1 spiro atoms. The first kappa shape index (κ1) is 15.3. The van der Waals surface area contributed by atoms with E-state index in [1.807, 2.05) is 0 Å². The van der Waals surface area contributed by atoms with Gasteiger partial charge in [0.15, 0.2) is 0 Å². The van der Waals surface area contributed by atoms with E-state index in [0.29, 0.717) is 18.5 Å². The van der Waals surface area contributed by atoms with Gasteiger partial charge in [-0.05, 0) is 45.1 Å². The number of carbonyl (C=O) groups excluding carboxylic acids is 3. The van der Waals surface area contributed by atoms with Gasteiger partial charge < -0.3 is 15.5 Å². The van der Waals surface area contributed by atoms with Crippen molar-refractivity contribution in [1.82, 2.24) is 20.4 Å². The van der Waals surface area contributed by atoms with Crippen LogP contribution in [0.25, 0.3) is 0 Å². The van der Waals surface area contributed by atoms with Crippen LogP contribution in [0, 0.1) is 5.41 Å². The first-order valence-electron chi connectivity index (χ1n) is 7.96. The van der Waals surface area contributed by atoms with Crippen molar-refractivity contribution in [3.8, 4) is 0 Å². The molecule has 7 nitrogen and oxygen atoms in total. The summed E-state index contributed by atoms with van der Waals surface area (Å²) in [5.41, 5.74) is -0.571. The van der Waals surface area contributed by atoms with Crippen molar-refractivity contribution < 1.29 is 14.4 Å². The van der Waals surface area contributed by atoms with Gasteiger partial charge >= 0.3 is 6.03 Å². The summed E-state index contributed by atoms with van der Waals surface area (Å²) in [7, 11) is 0. The molecular weight excluding hydrogens is 284 g/mol. The molecule has 0 aromatic heterocycles. The Bertz CT molecular complexity index is 501. The molecular formula is C15H24N4O3. The van der Waals surface area contributed by atoms with Crippen molar-refractivity contribution >= 4 is 17.8 Å². The molecule has 0 aliphatic carbocycles. The van der Waals surface area contributed by atoms with Crippen LogP contribution in [0.4, 0.5) is 4.79 Å². The fraction of sp³-hybridized carbons (Fsp3) is 0.800. The highest BCUT2D eigenvalue weighted by molar-refractivity contribution is 6.08. The monoisotopic (exact) mass is 308 g/mol. The summed E-state index contributed by atoms with van der Waals surface area (Å²) in [6, 6.07) is -0.475.